The van der Waals surface area contributed by atoms with Crippen LogP contribution < -0.4 is 0 Å². The van der Waals surface area contributed by atoms with Crippen molar-refractivity contribution in [2.24, 2.45) is 12.5 Å². The second-order valence-electron chi connectivity index (χ2n) is 4.82. The third kappa shape index (κ3) is 1.92. The van der Waals surface area contributed by atoms with Crippen LogP contribution in [-0.4, -0.2) is 21.3 Å². The molecule has 16 heavy (non-hydrogen) atoms. The summed E-state index contributed by atoms with van der Waals surface area (Å²) in [5.41, 5.74) is 0.287. The van der Waals surface area contributed by atoms with E-state index in [1.165, 1.54) is 0 Å². The molecule has 0 spiro atoms. The van der Waals surface area contributed by atoms with Crippen LogP contribution in [0.3, 0.4) is 0 Å². The van der Waals surface area contributed by atoms with Crippen LogP contribution in [0.4, 0.5) is 0 Å². The van der Waals surface area contributed by atoms with Gasteiger partial charge in [0.15, 0.2) is 0 Å². The van der Waals surface area contributed by atoms with Gasteiger partial charge in [0.05, 0.1) is 12.1 Å². The van der Waals surface area contributed by atoms with E-state index in [9.17, 15) is 9.59 Å². The molecule has 0 amide bonds. The van der Waals surface area contributed by atoms with Crippen LogP contribution in [0.5, 0.6) is 0 Å². The highest BCUT2D eigenvalue weighted by molar-refractivity contribution is 6.39. The van der Waals surface area contributed by atoms with Crippen molar-refractivity contribution < 1.29 is 9.59 Å². The van der Waals surface area contributed by atoms with Gasteiger partial charge < -0.3 is 0 Å². The summed E-state index contributed by atoms with van der Waals surface area (Å²) < 4.78 is 1.64. The topological polar surface area (TPSA) is 52.0 Å². The molecule has 1 fully saturated rings. The lowest BCUT2D eigenvalue weighted by Crippen LogP contribution is -2.40. The van der Waals surface area contributed by atoms with Gasteiger partial charge in [0.1, 0.15) is 0 Å². The van der Waals surface area contributed by atoms with Gasteiger partial charge in [0.25, 0.3) is 0 Å². The first-order valence-electron chi connectivity index (χ1n) is 5.57. The lowest BCUT2D eigenvalue weighted by atomic mass is 9.66. The predicted octanol–water partition coefficient (Wildman–Crippen LogP) is 1.29. The maximum Gasteiger partial charge on any atom is 0.204 e. The number of hydrogen-bond donors (Lipinski definition) is 0. The number of carbonyl (C=O) groups excluding carboxylic acids is 2. The third-order valence-electron chi connectivity index (χ3n) is 3.37. The number of aryl methyl sites for hydroxylation is 1. The molecular formula is C12H16N2O2. The molecule has 1 aliphatic carbocycles. The summed E-state index contributed by atoms with van der Waals surface area (Å²) in [7, 11) is 1.79. The summed E-state index contributed by atoms with van der Waals surface area (Å²) in [6, 6.07) is 1.77. The van der Waals surface area contributed by atoms with E-state index >= 15 is 0 Å². The van der Waals surface area contributed by atoms with Crippen LogP contribution in [0.1, 0.15) is 31.9 Å². The first-order chi connectivity index (χ1) is 7.51. The molecule has 0 aromatic carbocycles. The maximum absolute atomic E-state index is 11.9. The van der Waals surface area contributed by atoms with E-state index < -0.39 is 0 Å². The van der Waals surface area contributed by atoms with Gasteiger partial charge in [-0.05, 0) is 18.9 Å². The Balaban J connectivity index is 2.00. The Bertz CT molecular complexity index is 430. The van der Waals surface area contributed by atoms with E-state index in [0.29, 0.717) is 5.69 Å². The van der Waals surface area contributed by atoms with Crippen molar-refractivity contribution in [1.29, 1.82) is 0 Å². The zero-order chi connectivity index (χ0) is 11.8. The van der Waals surface area contributed by atoms with E-state index in [2.05, 4.69) is 5.10 Å². The van der Waals surface area contributed by atoms with Crippen LogP contribution in [-0.2, 0) is 23.1 Å². The Kier molecular flexibility index (Phi) is 2.66. The fourth-order valence-corrected chi connectivity index (χ4v) is 2.07. The normalized spacial score (nSPS) is 17.9. The zero-order valence-electron chi connectivity index (χ0n) is 9.69. The van der Waals surface area contributed by atoms with Gasteiger partial charge in [-0.2, -0.15) is 5.10 Å². The van der Waals surface area contributed by atoms with Crippen LogP contribution in [0.15, 0.2) is 12.3 Å². The minimum absolute atomic E-state index is 0.134. The Morgan fingerprint density at radius 3 is 2.62 bits per heavy atom. The minimum atomic E-state index is -0.383. The van der Waals surface area contributed by atoms with Gasteiger partial charge in [0.2, 0.25) is 11.6 Å². The molecule has 86 valence electrons. The highest BCUT2D eigenvalue weighted by Gasteiger charge is 2.42. The average Bonchev–Trinajstić information content (AvgIpc) is 2.59. The van der Waals surface area contributed by atoms with Gasteiger partial charge in [-0.25, -0.2) is 0 Å². The highest BCUT2D eigenvalue weighted by atomic mass is 16.2. The molecule has 0 aliphatic heterocycles. The molecule has 0 radical (unpaired) electrons. The number of hydrogen-bond acceptors (Lipinski definition) is 3. The van der Waals surface area contributed by atoms with Crippen molar-refractivity contribution in [3.63, 3.8) is 0 Å². The Hall–Kier alpha value is -1.45. The first-order valence-corrected chi connectivity index (χ1v) is 5.57. The molecule has 1 heterocycles. The van der Waals surface area contributed by atoms with Crippen LogP contribution in [0.25, 0.3) is 0 Å². The number of aromatic nitrogens is 2. The number of carbonyl (C=O) groups is 2. The molecule has 0 atom stereocenters. The molecule has 0 N–H and O–H groups in total. The second kappa shape index (κ2) is 3.85. The van der Waals surface area contributed by atoms with Gasteiger partial charge >= 0.3 is 0 Å². The van der Waals surface area contributed by atoms with Gasteiger partial charge in [-0.1, -0.05) is 13.3 Å². The fourth-order valence-electron chi connectivity index (χ4n) is 2.07. The van der Waals surface area contributed by atoms with E-state index in [1.807, 2.05) is 6.92 Å². The van der Waals surface area contributed by atoms with Crippen molar-refractivity contribution in [3.05, 3.63) is 18.0 Å². The van der Waals surface area contributed by atoms with Crippen molar-refractivity contribution in [1.82, 2.24) is 9.78 Å². The SMILES string of the molecule is Cn1ccc(CC(=O)C(=O)C2(C)CCC2)n1. The molecule has 1 aromatic heterocycles. The van der Waals surface area contributed by atoms with Gasteiger partial charge in [-0.3, -0.25) is 14.3 Å². The molecule has 0 bridgehead atoms. The lowest BCUT2D eigenvalue weighted by Gasteiger charge is -2.35. The molecule has 4 heteroatoms. The largest absolute Gasteiger partial charge is 0.290 e. The summed E-state index contributed by atoms with van der Waals surface area (Å²) >= 11 is 0. The van der Waals surface area contributed by atoms with E-state index in [4.69, 9.17) is 0 Å². The fraction of sp³-hybridized carbons (Fsp3) is 0.583. The van der Waals surface area contributed by atoms with E-state index in [-0.39, 0.29) is 23.4 Å². The molecule has 1 aliphatic rings. The Morgan fingerprint density at radius 2 is 2.19 bits per heavy atom. The summed E-state index contributed by atoms with van der Waals surface area (Å²) in [5.74, 6) is -0.523. The molecule has 1 saturated carbocycles. The molecule has 2 rings (SSSR count). The first kappa shape index (κ1) is 11.0. The van der Waals surface area contributed by atoms with Crippen molar-refractivity contribution in [3.8, 4) is 0 Å². The summed E-state index contributed by atoms with van der Waals surface area (Å²) in [6.45, 7) is 1.88. The second-order valence-corrected chi connectivity index (χ2v) is 4.82. The molecule has 0 unspecified atom stereocenters. The summed E-state index contributed by atoms with van der Waals surface area (Å²) in [5, 5.41) is 4.10. The quantitative estimate of drug-likeness (QED) is 0.718. The molecular weight excluding hydrogens is 204 g/mol. The molecule has 4 nitrogen and oxygen atoms in total. The standard InChI is InChI=1S/C12H16N2O2/c1-12(5-3-6-12)11(16)10(15)8-9-4-7-14(2)13-9/h4,7H,3,5-6,8H2,1-2H3. The Labute approximate surface area is 94.6 Å². The number of nitrogens with zero attached hydrogens (tertiary/aromatic N) is 2. The predicted molar refractivity (Wildman–Crippen MR) is 58.9 cm³/mol. The number of rotatable bonds is 4. The molecule has 0 saturated heterocycles. The van der Waals surface area contributed by atoms with Crippen LogP contribution in [0.2, 0.25) is 0 Å². The third-order valence-corrected chi connectivity index (χ3v) is 3.37. The van der Waals surface area contributed by atoms with Crippen molar-refractivity contribution in [2.45, 2.75) is 32.6 Å². The van der Waals surface area contributed by atoms with E-state index in [0.717, 1.165) is 19.3 Å². The highest BCUT2D eigenvalue weighted by Crippen LogP contribution is 2.41. The van der Waals surface area contributed by atoms with Gasteiger partial charge in [0, 0.05) is 18.7 Å². The van der Waals surface area contributed by atoms with Gasteiger partial charge in [-0.15, -0.1) is 0 Å². The minimum Gasteiger partial charge on any atom is -0.290 e. The smallest absolute Gasteiger partial charge is 0.204 e. The molecule has 1 aromatic rings. The Morgan fingerprint density at radius 1 is 1.50 bits per heavy atom. The maximum atomic E-state index is 11.9. The number of ketones is 2. The summed E-state index contributed by atoms with van der Waals surface area (Å²) in [4.78, 5) is 23.6. The lowest BCUT2D eigenvalue weighted by molar-refractivity contribution is -0.144. The van der Waals surface area contributed by atoms with Crippen LogP contribution in [0, 0.1) is 5.41 Å². The average molecular weight is 220 g/mol. The van der Waals surface area contributed by atoms with Crippen LogP contribution >= 0.6 is 0 Å². The zero-order valence-corrected chi connectivity index (χ0v) is 9.69. The van der Waals surface area contributed by atoms with Crippen molar-refractivity contribution in [2.75, 3.05) is 0 Å². The number of Topliss-reactive ketones (excluding diaryl/α,β-unsaturated/α-hetero) is 2. The summed E-state index contributed by atoms with van der Waals surface area (Å²) in [6.07, 6.45) is 4.66. The van der Waals surface area contributed by atoms with Crippen molar-refractivity contribution >= 4 is 11.6 Å². The monoisotopic (exact) mass is 220 g/mol. The van der Waals surface area contributed by atoms with E-state index in [1.54, 1.807) is 24.0 Å².